The normalized spacial score (nSPS) is 27.7. The van der Waals surface area contributed by atoms with E-state index in [1.54, 1.807) is 0 Å². The second kappa shape index (κ2) is 11.1. The van der Waals surface area contributed by atoms with E-state index in [2.05, 4.69) is 40.4 Å². The number of likely N-dealkylation sites (tertiary alicyclic amines) is 1. The molecule has 2 aliphatic heterocycles. The molecule has 6 atom stereocenters. The highest BCUT2D eigenvalue weighted by atomic mass is 16.2. The third-order valence-corrected chi connectivity index (χ3v) is 9.09. The van der Waals surface area contributed by atoms with Crippen molar-refractivity contribution in [3.8, 4) is 0 Å². The van der Waals surface area contributed by atoms with Crippen LogP contribution in [-0.2, 0) is 24.0 Å². The van der Waals surface area contributed by atoms with Gasteiger partial charge in [0.25, 0.3) is 5.91 Å². The van der Waals surface area contributed by atoms with Gasteiger partial charge in [0.1, 0.15) is 12.1 Å². The third kappa shape index (κ3) is 6.89. The minimum Gasteiger partial charge on any atom is -0.356 e. The largest absolute Gasteiger partial charge is 0.356 e. The molecule has 0 aromatic heterocycles. The quantitative estimate of drug-likeness (QED) is 0.250. The zero-order valence-electron chi connectivity index (χ0n) is 26.2. The molecule has 6 amide bonds. The number of amides is 6. The fraction of sp³-hybridized carbons (Fsp3) is 0.800. The van der Waals surface area contributed by atoms with Gasteiger partial charge in [-0.3, -0.25) is 24.0 Å². The predicted molar refractivity (Wildman–Crippen MR) is 155 cm³/mol. The van der Waals surface area contributed by atoms with Crippen molar-refractivity contribution in [2.45, 2.75) is 111 Å². The minimum absolute atomic E-state index is 0.00575. The van der Waals surface area contributed by atoms with Crippen molar-refractivity contribution in [2.24, 2.45) is 28.6 Å². The number of carbonyl (C=O) groups is 6. The van der Waals surface area contributed by atoms with Crippen LogP contribution < -0.4 is 26.6 Å². The van der Waals surface area contributed by atoms with Gasteiger partial charge >= 0.3 is 6.03 Å². The van der Waals surface area contributed by atoms with E-state index in [1.807, 2.05) is 41.5 Å². The Kier molecular flexibility index (Phi) is 8.43. The van der Waals surface area contributed by atoms with E-state index in [0.29, 0.717) is 19.5 Å². The van der Waals surface area contributed by atoms with Crippen LogP contribution in [0.25, 0.3) is 0 Å². The molecule has 0 bridgehead atoms. The zero-order valence-corrected chi connectivity index (χ0v) is 26.2. The molecule has 0 unspecified atom stereocenters. The first-order valence-electron chi connectivity index (χ1n) is 15.1. The Hall–Kier alpha value is -3.18. The van der Waals surface area contributed by atoms with Crippen molar-refractivity contribution in [3.05, 3.63) is 0 Å². The third-order valence-electron chi connectivity index (χ3n) is 9.09. The number of Topliss-reactive ketones (excluding diaryl/α,β-unsaturated/α-hetero) is 1. The second-order valence-corrected chi connectivity index (χ2v) is 15.2. The summed E-state index contributed by atoms with van der Waals surface area (Å²) in [6.45, 7) is 16.0. The Morgan fingerprint density at radius 1 is 1.00 bits per heavy atom. The monoisotopic (exact) mass is 588 g/mol. The number of nitrogens with one attached hydrogen (secondary N) is 5. The zero-order chi connectivity index (χ0) is 31.4. The summed E-state index contributed by atoms with van der Waals surface area (Å²) in [5.74, 6) is -3.24. The van der Waals surface area contributed by atoms with Gasteiger partial charge in [-0.15, -0.1) is 0 Å². The number of carbonyl (C=O) groups excluding carboxylic acids is 6. The highest BCUT2D eigenvalue weighted by molar-refractivity contribution is 6.38. The van der Waals surface area contributed by atoms with Crippen LogP contribution in [0.5, 0.6) is 0 Å². The second-order valence-electron chi connectivity index (χ2n) is 15.2. The van der Waals surface area contributed by atoms with Crippen molar-refractivity contribution in [3.63, 3.8) is 0 Å². The van der Waals surface area contributed by atoms with Gasteiger partial charge in [-0.05, 0) is 69.1 Å². The summed E-state index contributed by atoms with van der Waals surface area (Å²) >= 11 is 0. The SMILES string of the molecule is CC(C)(C)NC(=O)N[C@H](C(=O)N1C[C@H]2[C@@H]([C@H]1C(=O)N[C@@H](C[C@@H]1CCNC1=O)C(=O)C(=O)NC1CC1)C2(C)C)C(C)(C)C. The van der Waals surface area contributed by atoms with Crippen molar-refractivity contribution in [2.75, 3.05) is 13.1 Å². The molecule has 12 heteroatoms. The molecule has 0 aromatic carbocycles. The first-order valence-corrected chi connectivity index (χ1v) is 15.1. The fourth-order valence-electron chi connectivity index (χ4n) is 6.42. The van der Waals surface area contributed by atoms with Gasteiger partial charge in [0.2, 0.25) is 23.5 Å². The average molecular weight is 589 g/mol. The summed E-state index contributed by atoms with van der Waals surface area (Å²) in [4.78, 5) is 80.7. The Bertz CT molecular complexity index is 1150. The summed E-state index contributed by atoms with van der Waals surface area (Å²) in [6, 6.07) is -3.52. The average Bonchev–Trinajstić information content (AvgIpc) is 3.61. The van der Waals surface area contributed by atoms with Gasteiger partial charge in [-0.25, -0.2) is 4.79 Å². The molecular weight excluding hydrogens is 540 g/mol. The maximum absolute atomic E-state index is 14.1. The Labute approximate surface area is 248 Å². The Morgan fingerprint density at radius 2 is 1.64 bits per heavy atom. The number of nitrogens with zero attached hydrogens (tertiary/aromatic N) is 1. The van der Waals surface area contributed by atoms with Gasteiger partial charge in [0.05, 0.1) is 6.04 Å². The summed E-state index contributed by atoms with van der Waals surface area (Å²) in [5.41, 5.74) is -1.37. The molecule has 2 heterocycles. The lowest BCUT2D eigenvalue weighted by Gasteiger charge is -2.38. The molecule has 234 valence electrons. The Balaban J connectivity index is 1.56. The molecule has 12 nitrogen and oxygen atoms in total. The molecule has 2 saturated heterocycles. The van der Waals surface area contributed by atoms with E-state index >= 15 is 0 Å². The lowest BCUT2D eigenvalue weighted by Crippen LogP contribution is -2.62. The number of hydrogen-bond donors (Lipinski definition) is 5. The molecule has 42 heavy (non-hydrogen) atoms. The van der Waals surface area contributed by atoms with Crippen LogP contribution in [0.1, 0.15) is 81.1 Å². The summed E-state index contributed by atoms with van der Waals surface area (Å²) in [5, 5.41) is 13.9. The lowest BCUT2D eigenvalue weighted by molar-refractivity contribution is -0.145. The lowest BCUT2D eigenvalue weighted by atomic mass is 9.85. The standard InChI is InChI=1S/C30H48N6O6/c1-28(2,3)22(34-27(42)35-29(4,5)6)26(41)36-14-17-19(30(17,7)8)20(36)24(39)33-18(13-15-11-12-31-23(15)38)21(37)25(40)32-16-9-10-16/h15-20,22H,9-14H2,1-8H3,(H,31,38)(H,32,40)(H,33,39)(H2,34,35,42)/t15-,17-,18-,19-,20-,22+/m0/s1. The van der Waals surface area contributed by atoms with Crippen molar-refractivity contribution >= 4 is 35.4 Å². The van der Waals surface area contributed by atoms with Crippen LogP contribution in [0, 0.1) is 28.6 Å². The molecule has 2 aliphatic carbocycles. The number of fused-ring (bicyclic) bond motifs is 1. The van der Waals surface area contributed by atoms with Crippen molar-refractivity contribution in [1.82, 2.24) is 31.5 Å². The van der Waals surface area contributed by atoms with E-state index in [4.69, 9.17) is 0 Å². The van der Waals surface area contributed by atoms with Crippen LogP contribution in [0.15, 0.2) is 0 Å². The molecule has 0 radical (unpaired) electrons. The van der Waals surface area contributed by atoms with Gasteiger partial charge in [-0.2, -0.15) is 0 Å². The van der Waals surface area contributed by atoms with Gasteiger partial charge in [0.15, 0.2) is 0 Å². The molecule has 2 saturated carbocycles. The Morgan fingerprint density at radius 3 is 2.17 bits per heavy atom. The predicted octanol–water partition coefficient (Wildman–Crippen LogP) is 0.841. The van der Waals surface area contributed by atoms with Crippen LogP contribution in [0.3, 0.4) is 0 Å². The summed E-state index contributed by atoms with van der Waals surface area (Å²) < 4.78 is 0. The highest BCUT2D eigenvalue weighted by Gasteiger charge is 2.70. The van der Waals surface area contributed by atoms with E-state index in [0.717, 1.165) is 12.8 Å². The highest BCUT2D eigenvalue weighted by Crippen LogP contribution is 2.65. The van der Waals surface area contributed by atoms with Gasteiger partial charge in [-0.1, -0.05) is 34.6 Å². The number of rotatable bonds is 9. The molecule has 4 rings (SSSR count). The number of ketones is 1. The number of urea groups is 1. The number of piperidine rings is 1. The number of hydrogen-bond acceptors (Lipinski definition) is 6. The molecule has 4 fully saturated rings. The van der Waals surface area contributed by atoms with Crippen LogP contribution >= 0.6 is 0 Å². The van der Waals surface area contributed by atoms with Crippen LogP contribution in [-0.4, -0.2) is 83.1 Å². The summed E-state index contributed by atoms with van der Waals surface area (Å²) in [6.07, 6.45) is 2.11. The van der Waals surface area contributed by atoms with Crippen molar-refractivity contribution in [1.29, 1.82) is 0 Å². The van der Waals surface area contributed by atoms with E-state index in [-0.39, 0.29) is 41.5 Å². The molecule has 5 N–H and O–H groups in total. The van der Waals surface area contributed by atoms with Crippen LogP contribution in [0.4, 0.5) is 4.79 Å². The smallest absolute Gasteiger partial charge is 0.315 e. The molecule has 0 aromatic rings. The van der Waals surface area contributed by atoms with Gasteiger partial charge in [0, 0.05) is 30.6 Å². The molecule has 0 spiro atoms. The topological polar surface area (TPSA) is 166 Å². The van der Waals surface area contributed by atoms with E-state index in [1.165, 1.54) is 4.90 Å². The van der Waals surface area contributed by atoms with E-state index < -0.39 is 58.6 Å². The first kappa shape index (κ1) is 31.7. The van der Waals surface area contributed by atoms with Crippen LogP contribution in [0.2, 0.25) is 0 Å². The summed E-state index contributed by atoms with van der Waals surface area (Å²) in [7, 11) is 0. The molecular formula is C30H48N6O6. The fourth-order valence-corrected chi connectivity index (χ4v) is 6.42. The maximum atomic E-state index is 14.1. The van der Waals surface area contributed by atoms with Gasteiger partial charge < -0.3 is 31.5 Å². The maximum Gasteiger partial charge on any atom is 0.315 e. The van der Waals surface area contributed by atoms with E-state index in [9.17, 15) is 28.8 Å². The minimum atomic E-state index is -1.20. The molecule has 4 aliphatic rings. The van der Waals surface area contributed by atoms with Crippen molar-refractivity contribution < 1.29 is 28.8 Å². The first-order chi connectivity index (χ1) is 19.3.